The molecule has 7 nitrogen and oxygen atoms in total. The number of carbonyl (C=O) groups is 2. The third-order valence-corrected chi connectivity index (χ3v) is 7.77. The van der Waals surface area contributed by atoms with E-state index >= 15 is 0 Å². The van der Waals surface area contributed by atoms with Crippen molar-refractivity contribution in [2.75, 3.05) is 38.7 Å². The summed E-state index contributed by atoms with van der Waals surface area (Å²) in [6.07, 6.45) is 3.12. The Hall–Kier alpha value is -2.90. The van der Waals surface area contributed by atoms with Crippen molar-refractivity contribution in [3.8, 4) is 5.75 Å². The quantitative estimate of drug-likeness (QED) is 0.715. The van der Waals surface area contributed by atoms with E-state index in [9.17, 15) is 9.59 Å². The second kappa shape index (κ2) is 9.76. The molecular weight excluding hydrogens is 428 g/mol. The van der Waals surface area contributed by atoms with Crippen molar-refractivity contribution in [2.24, 2.45) is 0 Å². The van der Waals surface area contributed by atoms with Crippen LogP contribution < -0.4 is 15.0 Å². The van der Waals surface area contributed by atoms with Gasteiger partial charge in [-0.3, -0.25) is 19.4 Å². The van der Waals surface area contributed by atoms with Gasteiger partial charge in [-0.05, 0) is 55.6 Å². The molecule has 2 aromatic carbocycles. The van der Waals surface area contributed by atoms with Crippen molar-refractivity contribution < 1.29 is 14.3 Å². The van der Waals surface area contributed by atoms with Crippen molar-refractivity contribution in [1.29, 1.82) is 0 Å². The molecule has 3 aliphatic rings. The van der Waals surface area contributed by atoms with E-state index in [-0.39, 0.29) is 29.9 Å². The van der Waals surface area contributed by atoms with Gasteiger partial charge < -0.3 is 15.0 Å². The maximum absolute atomic E-state index is 13.1. The Morgan fingerprint density at radius 1 is 1.12 bits per heavy atom. The van der Waals surface area contributed by atoms with Gasteiger partial charge in [0, 0.05) is 50.4 Å². The molecule has 3 aliphatic heterocycles. The maximum Gasteiger partial charge on any atom is 0.239 e. The zero-order valence-electron chi connectivity index (χ0n) is 20.1. The lowest BCUT2D eigenvalue weighted by molar-refractivity contribution is -0.126. The number of anilines is 1. The lowest BCUT2D eigenvalue weighted by atomic mass is 10.0. The van der Waals surface area contributed by atoms with Crippen LogP contribution in [0.15, 0.2) is 48.5 Å². The third-order valence-electron chi connectivity index (χ3n) is 7.77. The zero-order chi connectivity index (χ0) is 23.7. The number of benzene rings is 2. The maximum atomic E-state index is 13.1. The average molecular weight is 463 g/mol. The molecule has 2 aromatic rings. The summed E-state index contributed by atoms with van der Waals surface area (Å²) in [4.78, 5) is 32.7. The van der Waals surface area contributed by atoms with E-state index < -0.39 is 0 Å². The summed E-state index contributed by atoms with van der Waals surface area (Å²) in [5.41, 5.74) is 3.48. The minimum atomic E-state index is -0.168. The Morgan fingerprint density at radius 2 is 1.91 bits per heavy atom. The number of likely N-dealkylation sites (tertiary alicyclic amines) is 1. The van der Waals surface area contributed by atoms with Crippen LogP contribution in [0, 0.1) is 0 Å². The zero-order valence-corrected chi connectivity index (χ0v) is 20.1. The van der Waals surface area contributed by atoms with Crippen molar-refractivity contribution in [3.63, 3.8) is 0 Å². The highest BCUT2D eigenvalue weighted by molar-refractivity contribution is 5.95. The van der Waals surface area contributed by atoms with E-state index in [1.807, 2.05) is 35.2 Å². The first-order chi connectivity index (χ1) is 16.5. The number of carbonyl (C=O) groups excluding carboxylic acids is 2. The standard InChI is InChI=1S/C27H34N4O3/c1-29-21(9-12-25(32)31-16-13-20-5-3-4-6-23(20)31)17-28-27(33)26-24(29)14-15-30(26)18-19-7-10-22(34-2)11-8-19/h3-8,10-11,21,24,26H,9,12-18H2,1-2H3,(H,28,33)/t21-,24+,26-/m0/s1. The van der Waals surface area contributed by atoms with Crippen LogP contribution in [0.3, 0.4) is 0 Å². The molecular formula is C27H34N4O3. The highest BCUT2D eigenvalue weighted by Gasteiger charge is 2.45. The molecule has 0 bridgehead atoms. The van der Waals surface area contributed by atoms with Crippen LogP contribution >= 0.6 is 0 Å². The molecule has 0 aliphatic carbocycles. The molecule has 0 radical (unpaired) electrons. The number of nitrogens with one attached hydrogen (secondary N) is 1. The third kappa shape index (κ3) is 4.42. The van der Waals surface area contributed by atoms with Crippen LogP contribution in [-0.4, -0.2) is 73.5 Å². The van der Waals surface area contributed by atoms with Gasteiger partial charge in [-0.25, -0.2) is 0 Å². The molecule has 2 saturated heterocycles. The van der Waals surface area contributed by atoms with Crippen molar-refractivity contribution >= 4 is 17.5 Å². The Bertz CT molecular complexity index is 1040. The molecule has 0 saturated carbocycles. The minimum Gasteiger partial charge on any atom is -0.497 e. The molecule has 34 heavy (non-hydrogen) atoms. The van der Waals surface area contributed by atoms with Gasteiger partial charge in [0.15, 0.2) is 0 Å². The molecule has 1 N–H and O–H groups in total. The van der Waals surface area contributed by atoms with Gasteiger partial charge in [0.2, 0.25) is 11.8 Å². The smallest absolute Gasteiger partial charge is 0.239 e. The molecule has 0 spiro atoms. The van der Waals surface area contributed by atoms with Crippen molar-refractivity contribution in [1.82, 2.24) is 15.1 Å². The second-order valence-electron chi connectivity index (χ2n) is 9.65. The Kier molecular flexibility index (Phi) is 6.57. The minimum absolute atomic E-state index is 0.102. The van der Waals surface area contributed by atoms with Crippen LogP contribution in [0.5, 0.6) is 5.75 Å². The van der Waals surface area contributed by atoms with Gasteiger partial charge in [0.1, 0.15) is 11.8 Å². The number of para-hydroxylation sites is 1. The summed E-state index contributed by atoms with van der Waals surface area (Å²) in [5.74, 6) is 1.12. The number of nitrogens with zero attached hydrogens (tertiary/aromatic N) is 3. The van der Waals surface area contributed by atoms with Crippen LogP contribution in [0.1, 0.15) is 30.4 Å². The lowest BCUT2D eigenvalue weighted by Gasteiger charge is -2.33. The number of hydrogen-bond donors (Lipinski definition) is 1. The summed E-state index contributed by atoms with van der Waals surface area (Å²) in [7, 11) is 3.79. The predicted molar refractivity (Wildman–Crippen MR) is 132 cm³/mol. The molecule has 0 unspecified atom stereocenters. The molecule has 5 rings (SSSR count). The normalized spacial score (nSPS) is 24.9. The predicted octanol–water partition coefficient (Wildman–Crippen LogP) is 2.44. The summed E-state index contributed by atoms with van der Waals surface area (Å²) >= 11 is 0. The summed E-state index contributed by atoms with van der Waals surface area (Å²) in [5, 5.41) is 3.17. The van der Waals surface area contributed by atoms with Crippen LogP contribution in [-0.2, 0) is 22.6 Å². The van der Waals surface area contributed by atoms with E-state index in [1.54, 1.807) is 7.11 Å². The fourth-order valence-corrected chi connectivity index (χ4v) is 5.81. The lowest BCUT2D eigenvalue weighted by Crippen LogP contribution is -2.49. The molecule has 7 heteroatoms. The van der Waals surface area contributed by atoms with Crippen LogP contribution in [0.2, 0.25) is 0 Å². The Morgan fingerprint density at radius 3 is 2.71 bits per heavy atom. The fraction of sp³-hybridized carbons (Fsp3) is 0.481. The number of likely N-dealkylation sites (N-methyl/N-ethyl adjacent to an activating group) is 1. The van der Waals surface area contributed by atoms with Gasteiger partial charge in [-0.15, -0.1) is 0 Å². The van der Waals surface area contributed by atoms with Crippen molar-refractivity contribution in [3.05, 3.63) is 59.7 Å². The number of ether oxygens (including phenoxy) is 1. The van der Waals surface area contributed by atoms with Crippen LogP contribution in [0.25, 0.3) is 0 Å². The second-order valence-corrected chi connectivity index (χ2v) is 9.65. The van der Waals surface area contributed by atoms with E-state index in [0.29, 0.717) is 13.0 Å². The molecule has 2 fully saturated rings. The van der Waals surface area contributed by atoms with Gasteiger partial charge in [-0.2, -0.15) is 0 Å². The van der Waals surface area contributed by atoms with Gasteiger partial charge >= 0.3 is 0 Å². The van der Waals surface area contributed by atoms with E-state index in [2.05, 4.69) is 40.4 Å². The number of amides is 2. The van der Waals surface area contributed by atoms with Gasteiger partial charge in [0.05, 0.1) is 7.11 Å². The Balaban J connectivity index is 1.22. The first kappa shape index (κ1) is 22.9. The molecule has 180 valence electrons. The van der Waals surface area contributed by atoms with E-state index in [4.69, 9.17) is 4.74 Å². The summed E-state index contributed by atoms with van der Waals surface area (Å²) < 4.78 is 5.26. The highest BCUT2D eigenvalue weighted by Crippen LogP contribution is 2.31. The van der Waals surface area contributed by atoms with Gasteiger partial charge in [-0.1, -0.05) is 30.3 Å². The highest BCUT2D eigenvalue weighted by atomic mass is 16.5. The first-order valence-corrected chi connectivity index (χ1v) is 12.3. The summed E-state index contributed by atoms with van der Waals surface area (Å²) in [6.45, 7) is 2.97. The molecule has 3 heterocycles. The Labute approximate surface area is 201 Å². The van der Waals surface area contributed by atoms with E-state index in [1.165, 1.54) is 11.1 Å². The molecule has 3 atom stereocenters. The first-order valence-electron chi connectivity index (χ1n) is 12.3. The number of methoxy groups -OCH3 is 1. The fourth-order valence-electron chi connectivity index (χ4n) is 5.81. The molecule has 2 amide bonds. The number of hydrogen-bond acceptors (Lipinski definition) is 5. The average Bonchev–Trinajstić information content (AvgIpc) is 3.45. The number of rotatable bonds is 6. The SMILES string of the molecule is COc1ccc(CN2CC[C@@H]3[C@H]2C(=O)NC[C@H](CCC(=O)N2CCc4ccccc42)N3C)cc1. The van der Waals surface area contributed by atoms with E-state index in [0.717, 1.165) is 50.3 Å². The number of fused-ring (bicyclic) bond motifs is 2. The molecule has 0 aromatic heterocycles. The summed E-state index contributed by atoms with van der Waals surface area (Å²) in [6, 6.07) is 16.4. The van der Waals surface area contributed by atoms with Crippen LogP contribution in [0.4, 0.5) is 5.69 Å². The van der Waals surface area contributed by atoms with Crippen molar-refractivity contribution in [2.45, 2.75) is 50.4 Å². The largest absolute Gasteiger partial charge is 0.497 e. The monoisotopic (exact) mass is 462 g/mol. The topological polar surface area (TPSA) is 65.1 Å². The van der Waals surface area contributed by atoms with Gasteiger partial charge in [0.25, 0.3) is 0 Å².